The molecule has 0 aliphatic carbocycles. The molecule has 1 N–H and O–H groups in total. The zero-order valence-electron chi connectivity index (χ0n) is 15.2. The first kappa shape index (κ1) is 18.6. The number of pyridine rings is 1. The van der Waals surface area contributed by atoms with Crippen LogP contribution in [0.25, 0.3) is 0 Å². The van der Waals surface area contributed by atoms with Crippen molar-refractivity contribution in [2.45, 2.75) is 19.9 Å². The summed E-state index contributed by atoms with van der Waals surface area (Å²) in [6.07, 6.45) is 1.72. The number of methoxy groups -OCH3 is 3. The van der Waals surface area contributed by atoms with Gasteiger partial charge in [0, 0.05) is 11.8 Å². The van der Waals surface area contributed by atoms with E-state index in [-0.39, 0.29) is 17.9 Å². The van der Waals surface area contributed by atoms with Gasteiger partial charge in [-0.05, 0) is 30.2 Å². The zero-order valence-corrected chi connectivity index (χ0v) is 15.2. The standard InChI is InChI=1S/C19H24N2O4/c1-12(2)17(14-8-6-7-9-20-14)21-19(22)13-10-15(23-3)18(25-5)16(11-13)24-4/h6-12,17H,1-5H3,(H,21,22). The number of ether oxygens (including phenoxy) is 3. The van der Waals surface area contributed by atoms with Gasteiger partial charge in [0.05, 0.1) is 33.1 Å². The molecule has 134 valence electrons. The van der Waals surface area contributed by atoms with Crippen molar-refractivity contribution >= 4 is 5.91 Å². The van der Waals surface area contributed by atoms with Gasteiger partial charge in [0.25, 0.3) is 5.91 Å². The largest absolute Gasteiger partial charge is 0.493 e. The number of hydrogen-bond donors (Lipinski definition) is 1. The molecule has 6 nitrogen and oxygen atoms in total. The van der Waals surface area contributed by atoms with Gasteiger partial charge in [0.15, 0.2) is 11.5 Å². The second-order valence-corrected chi connectivity index (χ2v) is 5.86. The number of hydrogen-bond acceptors (Lipinski definition) is 5. The number of aromatic nitrogens is 1. The lowest BCUT2D eigenvalue weighted by molar-refractivity contribution is 0.0923. The van der Waals surface area contributed by atoms with Crippen LogP contribution in [0.5, 0.6) is 17.2 Å². The molecule has 0 saturated carbocycles. The molecule has 1 aromatic carbocycles. The molecule has 0 saturated heterocycles. The van der Waals surface area contributed by atoms with E-state index >= 15 is 0 Å². The van der Waals surface area contributed by atoms with E-state index in [1.54, 1.807) is 18.3 Å². The van der Waals surface area contributed by atoms with Crippen molar-refractivity contribution in [1.29, 1.82) is 0 Å². The third-order valence-electron chi connectivity index (χ3n) is 3.89. The van der Waals surface area contributed by atoms with E-state index in [4.69, 9.17) is 14.2 Å². The molecule has 1 heterocycles. The van der Waals surface area contributed by atoms with Crippen molar-refractivity contribution in [2.24, 2.45) is 5.92 Å². The minimum Gasteiger partial charge on any atom is -0.493 e. The number of amides is 1. The Morgan fingerprint density at radius 2 is 1.68 bits per heavy atom. The summed E-state index contributed by atoms with van der Waals surface area (Å²) < 4.78 is 15.9. The maximum absolute atomic E-state index is 12.8. The molecule has 6 heteroatoms. The fraction of sp³-hybridized carbons (Fsp3) is 0.368. The smallest absolute Gasteiger partial charge is 0.252 e. The Labute approximate surface area is 148 Å². The molecule has 25 heavy (non-hydrogen) atoms. The van der Waals surface area contributed by atoms with E-state index in [1.807, 2.05) is 32.0 Å². The molecule has 1 atom stereocenters. The van der Waals surface area contributed by atoms with Gasteiger partial charge in [-0.3, -0.25) is 9.78 Å². The highest BCUT2D eigenvalue weighted by atomic mass is 16.5. The van der Waals surface area contributed by atoms with Gasteiger partial charge in [0.2, 0.25) is 5.75 Å². The van der Waals surface area contributed by atoms with Gasteiger partial charge in [-0.2, -0.15) is 0 Å². The van der Waals surface area contributed by atoms with Gasteiger partial charge >= 0.3 is 0 Å². The van der Waals surface area contributed by atoms with Crippen LogP contribution in [-0.4, -0.2) is 32.2 Å². The minimum absolute atomic E-state index is 0.181. The quantitative estimate of drug-likeness (QED) is 0.835. The molecule has 2 rings (SSSR count). The zero-order chi connectivity index (χ0) is 18.4. The van der Waals surface area contributed by atoms with Crippen molar-refractivity contribution in [3.05, 3.63) is 47.8 Å². The first-order valence-electron chi connectivity index (χ1n) is 8.03. The van der Waals surface area contributed by atoms with Crippen LogP contribution in [-0.2, 0) is 0 Å². The van der Waals surface area contributed by atoms with Gasteiger partial charge in [-0.1, -0.05) is 19.9 Å². The summed E-state index contributed by atoms with van der Waals surface area (Å²) in [7, 11) is 4.56. The molecule has 0 fully saturated rings. The molecule has 1 aromatic heterocycles. The van der Waals surface area contributed by atoms with Crippen LogP contribution in [0.15, 0.2) is 36.5 Å². The van der Waals surface area contributed by atoms with Gasteiger partial charge in [-0.25, -0.2) is 0 Å². The third kappa shape index (κ3) is 4.21. The summed E-state index contributed by atoms with van der Waals surface area (Å²) in [5, 5.41) is 3.04. The Balaban J connectivity index is 2.33. The number of rotatable bonds is 7. The van der Waals surface area contributed by atoms with Crippen LogP contribution < -0.4 is 19.5 Å². The van der Waals surface area contributed by atoms with Crippen molar-refractivity contribution in [1.82, 2.24) is 10.3 Å². The van der Waals surface area contributed by atoms with Gasteiger partial charge < -0.3 is 19.5 Å². The normalized spacial score (nSPS) is 11.8. The van der Waals surface area contributed by atoms with Crippen molar-refractivity contribution in [3.63, 3.8) is 0 Å². The van der Waals surface area contributed by atoms with Gasteiger partial charge in [-0.15, -0.1) is 0 Å². The molecule has 2 aromatic rings. The Morgan fingerprint density at radius 1 is 1.04 bits per heavy atom. The predicted molar refractivity (Wildman–Crippen MR) is 95.4 cm³/mol. The van der Waals surface area contributed by atoms with E-state index < -0.39 is 0 Å². The topological polar surface area (TPSA) is 69.7 Å². The highest BCUT2D eigenvalue weighted by molar-refractivity contribution is 5.95. The maximum Gasteiger partial charge on any atom is 0.252 e. The number of carbonyl (C=O) groups excluding carboxylic acids is 1. The Morgan fingerprint density at radius 3 is 2.12 bits per heavy atom. The molecule has 0 aliphatic rings. The molecule has 0 bridgehead atoms. The average molecular weight is 344 g/mol. The number of benzene rings is 1. The maximum atomic E-state index is 12.8. The molecule has 0 radical (unpaired) electrons. The fourth-order valence-electron chi connectivity index (χ4n) is 2.58. The van der Waals surface area contributed by atoms with Crippen LogP contribution in [0.3, 0.4) is 0 Å². The lowest BCUT2D eigenvalue weighted by Crippen LogP contribution is -2.32. The number of nitrogens with one attached hydrogen (secondary N) is 1. The summed E-state index contributed by atoms with van der Waals surface area (Å²) in [5.41, 5.74) is 1.24. The van der Waals surface area contributed by atoms with Crippen molar-refractivity contribution < 1.29 is 19.0 Å². The fourth-order valence-corrected chi connectivity index (χ4v) is 2.58. The first-order valence-corrected chi connectivity index (χ1v) is 8.03. The van der Waals surface area contributed by atoms with Crippen molar-refractivity contribution in [2.75, 3.05) is 21.3 Å². The van der Waals surface area contributed by atoms with Gasteiger partial charge in [0.1, 0.15) is 0 Å². The van der Waals surface area contributed by atoms with Crippen LogP contribution in [0, 0.1) is 5.92 Å². The highest BCUT2D eigenvalue weighted by Crippen LogP contribution is 2.38. The summed E-state index contributed by atoms with van der Waals surface area (Å²) in [6, 6.07) is 8.72. The molecule has 1 amide bonds. The molecular formula is C19H24N2O4. The van der Waals surface area contributed by atoms with Crippen LogP contribution in [0.2, 0.25) is 0 Å². The molecule has 0 spiro atoms. The third-order valence-corrected chi connectivity index (χ3v) is 3.89. The van der Waals surface area contributed by atoms with E-state index in [2.05, 4.69) is 10.3 Å². The Hall–Kier alpha value is -2.76. The van der Waals surface area contributed by atoms with Crippen LogP contribution >= 0.6 is 0 Å². The predicted octanol–water partition coefficient (Wildman–Crippen LogP) is 3.23. The number of carbonyl (C=O) groups is 1. The summed E-state index contributed by atoms with van der Waals surface area (Å²) in [5.74, 6) is 1.27. The SMILES string of the molecule is COc1cc(C(=O)NC(c2ccccn2)C(C)C)cc(OC)c1OC. The minimum atomic E-state index is -0.233. The van der Waals surface area contributed by atoms with Crippen LogP contribution in [0.4, 0.5) is 0 Å². The Kier molecular flexibility index (Phi) is 6.22. The lowest BCUT2D eigenvalue weighted by atomic mass is 9.99. The van der Waals surface area contributed by atoms with E-state index in [9.17, 15) is 4.79 Å². The Bertz CT molecular complexity index is 692. The second kappa shape index (κ2) is 8.37. The monoisotopic (exact) mass is 344 g/mol. The highest BCUT2D eigenvalue weighted by Gasteiger charge is 2.22. The van der Waals surface area contributed by atoms with E-state index in [0.29, 0.717) is 22.8 Å². The van der Waals surface area contributed by atoms with Crippen molar-refractivity contribution in [3.8, 4) is 17.2 Å². The number of nitrogens with zero attached hydrogens (tertiary/aromatic N) is 1. The summed E-state index contributed by atoms with van der Waals surface area (Å²) in [6.45, 7) is 4.07. The van der Waals surface area contributed by atoms with Crippen LogP contribution in [0.1, 0.15) is 35.9 Å². The first-order chi connectivity index (χ1) is 12.0. The molecular weight excluding hydrogens is 320 g/mol. The summed E-state index contributed by atoms with van der Waals surface area (Å²) in [4.78, 5) is 17.1. The molecule has 0 aliphatic heterocycles. The second-order valence-electron chi connectivity index (χ2n) is 5.86. The summed E-state index contributed by atoms with van der Waals surface area (Å²) >= 11 is 0. The van der Waals surface area contributed by atoms with E-state index in [0.717, 1.165) is 5.69 Å². The van der Waals surface area contributed by atoms with E-state index in [1.165, 1.54) is 21.3 Å². The molecule has 1 unspecified atom stereocenters. The average Bonchev–Trinajstić information content (AvgIpc) is 2.64. The lowest BCUT2D eigenvalue weighted by Gasteiger charge is -2.22.